The van der Waals surface area contributed by atoms with Gasteiger partial charge >= 0.3 is 5.97 Å². The number of methoxy groups -OCH3 is 1. The summed E-state index contributed by atoms with van der Waals surface area (Å²) in [5, 5.41) is 0. The van der Waals surface area contributed by atoms with E-state index < -0.39 is 0 Å². The van der Waals surface area contributed by atoms with Crippen molar-refractivity contribution in [2.24, 2.45) is 11.1 Å². The molecule has 1 rings (SSSR count). The van der Waals surface area contributed by atoms with Gasteiger partial charge in [-0.25, -0.2) is 9.78 Å². The second-order valence-corrected chi connectivity index (χ2v) is 5.68. The van der Waals surface area contributed by atoms with Gasteiger partial charge < -0.3 is 15.4 Å². The number of anilines is 1. The molecule has 0 aliphatic rings. The van der Waals surface area contributed by atoms with Gasteiger partial charge in [-0.1, -0.05) is 20.8 Å². The largest absolute Gasteiger partial charge is 0.465 e. The minimum atomic E-state index is -0.344. The van der Waals surface area contributed by atoms with Crippen LogP contribution in [0, 0.1) is 5.41 Å². The summed E-state index contributed by atoms with van der Waals surface area (Å²) in [4.78, 5) is 18.1. The molecule has 5 heteroatoms. The van der Waals surface area contributed by atoms with Crippen molar-refractivity contribution in [1.82, 2.24) is 4.98 Å². The molecule has 0 bridgehead atoms. The van der Waals surface area contributed by atoms with Crippen molar-refractivity contribution >= 4 is 11.8 Å². The molecule has 0 unspecified atom stereocenters. The molecule has 0 radical (unpaired) electrons. The molecule has 1 heterocycles. The van der Waals surface area contributed by atoms with Crippen LogP contribution >= 0.6 is 0 Å². The van der Waals surface area contributed by atoms with Gasteiger partial charge in [-0.3, -0.25) is 0 Å². The van der Waals surface area contributed by atoms with Gasteiger partial charge in [0.15, 0.2) is 0 Å². The smallest absolute Gasteiger partial charge is 0.338 e. The molecular formula is C15H25N3O2. The first kappa shape index (κ1) is 16.4. The summed E-state index contributed by atoms with van der Waals surface area (Å²) in [6.07, 6.45) is 2.64. The van der Waals surface area contributed by atoms with Crippen LogP contribution in [-0.4, -0.2) is 37.7 Å². The Morgan fingerprint density at radius 2 is 2.20 bits per heavy atom. The van der Waals surface area contributed by atoms with Gasteiger partial charge in [-0.2, -0.15) is 0 Å². The fourth-order valence-electron chi connectivity index (χ4n) is 1.96. The van der Waals surface area contributed by atoms with E-state index in [4.69, 9.17) is 10.5 Å². The molecule has 2 N–H and O–H groups in total. The van der Waals surface area contributed by atoms with Gasteiger partial charge in [-0.05, 0) is 30.5 Å². The number of carbonyl (C=O) groups is 1. The second-order valence-electron chi connectivity index (χ2n) is 5.68. The fraction of sp³-hybridized carbons (Fsp3) is 0.600. The fourth-order valence-corrected chi connectivity index (χ4v) is 1.96. The molecule has 1 aromatic rings. The van der Waals surface area contributed by atoms with Crippen LogP contribution in [0.1, 0.15) is 37.6 Å². The first-order valence-electron chi connectivity index (χ1n) is 6.93. The number of nitrogens with zero attached hydrogens (tertiary/aromatic N) is 2. The monoisotopic (exact) mass is 279 g/mol. The van der Waals surface area contributed by atoms with E-state index in [1.54, 1.807) is 18.3 Å². The Kier molecular flexibility index (Phi) is 5.95. The summed E-state index contributed by atoms with van der Waals surface area (Å²) in [5.74, 6) is 0.444. The van der Waals surface area contributed by atoms with Crippen LogP contribution in [0.25, 0.3) is 0 Å². The molecule has 0 fully saturated rings. The van der Waals surface area contributed by atoms with Crippen molar-refractivity contribution in [3.63, 3.8) is 0 Å². The molecule has 0 saturated heterocycles. The number of rotatable bonds is 7. The number of aromatic nitrogens is 1. The molecule has 0 atom stereocenters. The zero-order valence-corrected chi connectivity index (χ0v) is 12.8. The summed E-state index contributed by atoms with van der Waals surface area (Å²) in [6, 6.07) is 3.43. The van der Waals surface area contributed by atoms with Crippen LogP contribution in [0.5, 0.6) is 0 Å². The molecule has 0 saturated carbocycles. The normalized spacial score (nSPS) is 11.2. The van der Waals surface area contributed by atoms with Crippen LogP contribution in [0.2, 0.25) is 0 Å². The Labute approximate surface area is 121 Å². The molecule has 0 aliphatic heterocycles. The minimum Gasteiger partial charge on any atom is -0.465 e. The van der Waals surface area contributed by atoms with Gasteiger partial charge in [0.05, 0.1) is 12.7 Å². The number of carbonyl (C=O) groups excluding carboxylic acids is 1. The lowest BCUT2D eigenvalue weighted by Crippen LogP contribution is -2.39. The second kappa shape index (κ2) is 7.24. The van der Waals surface area contributed by atoms with E-state index in [1.807, 2.05) is 0 Å². The topological polar surface area (TPSA) is 68.5 Å². The van der Waals surface area contributed by atoms with E-state index in [-0.39, 0.29) is 11.4 Å². The van der Waals surface area contributed by atoms with Crippen LogP contribution < -0.4 is 10.6 Å². The number of pyridine rings is 1. The summed E-state index contributed by atoms with van der Waals surface area (Å²) >= 11 is 0. The molecule has 1 aromatic heterocycles. The van der Waals surface area contributed by atoms with Crippen molar-refractivity contribution in [3.8, 4) is 0 Å². The van der Waals surface area contributed by atoms with Gasteiger partial charge in [-0.15, -0.1) is 0 Å². The Balaban J connectivity index is 2.99. The zero-order valence-electron chi connectivity index (χ0n) is 12.8. The lowest BCUT2D eigenvalue weighted by Gasteiger charge is -2.32. The Morgan fingerprint density at radius 3 is 2.75 bits per heavy atom. The summed E-state index contributed by atoms with van der Waals surface area (Å²) < 4.78 is 4.75. The third-order valence-electron chi connectivity index (χ3n) is 3.16. The quantitative estimate of drug-likeness (QED) is 0.774. The van der Waals surface area contributed by atoms with Crippen LogP contribution in [0.4, 0.5) is 5.82 Å². The van der Waals surface area contributed by atoms with E-state index in [9.17, 15) is 4.79 Å². The maximum absolute atomic E-state index is 11.6. The maximum Gasteiger partial charge on any atom is 0.338 e. The average molecular weight is 279 g/mol. The summed E-state index contributed by atoms with van der Waals surface area (Å²) in [5.41, 5.74) is 6.32. The average Bonchev–Trinajstić information content (AvgIpc) is 2.46. The highest BCUT2D eigenvalue weighted by Gasteiger charge is 2.21. The highest BCUT2D eigenvalue weighted by molar-refractivity contribution is 5.90. The van der Waals surface area contributed by atoms with E-state index in [2.05, 4.69) is 30.7 Å². The zero-order chi connectivity index (χ0) is 15.2. The minimum absolute atomic E-state index is 0.00187. The predicted octanol–water partition coefficient (Wildman–Crippen LogP) is 2.07. The molecule has 0 aliphatic carbocycles. The first-order valence-corrected chi connectivity index (χ1v) is 6.93. The standard InChI is InChI=1S/C15H25N3O2/c1-5-8-18(11-15(2,3)10-16)13-9-12(6-7-17-13)14(19)20-4/h6-7,9H,5,8,10-11,16H2,1-4H3. The van der Waals surface area contributed by atoms with E-state index in [0.717, 1.165) is 25.3 Å². The van der Waals surface area contributed by atoms with E-state index in [1.165, 1.54) is 7.11 Å². The Morgan fingerprint density at radius 1 is 1.50 bits per heavy atom. The Bertz CT molecular complexity index is 446. The molecule has 0 aromatic carbocycles. The first-order chi connectivity index (χ1) is 9.43. The molecule has 112 valence electrons. The van der Waals surface area contributed by atoms with Crippen molar-refractivity contribution in [2.45, 2.75) is 27.2 Å². The molecular weight excluding hydrogens is 254 g/mol. The molecule has 0 amide bonds. The number of hydrogen-bond donors (Lipinski definition) is 1. The highest BCUT2D eigenvalue weighted by atomic mass is 16.5. The SMILES string of the molecule is CCCN(CC(C)(C)CN)c1cc(C(=O)OC)ccn1. The van der Waals surface area contributed by atoms with Crippen molar-refractivity contribution in [1.29, 1.82) is 0 Å². The lowest BCUT2D eigenvalue weighted by atomic mass is 9.93. The summed E-state index contributed by atoms with van der Waals surface area (Å²) in [7, 11) is 1.38. The van der Waals surface area contributed by atoms with Crippen molar-refractivity contribution < 1.29 is 9.53 Å². The van der Waals surface area contributed by atoms with Crippen LogP contribution in [0.15, 0.2) is 18.3 Å². The number of ether oxygens (including phenoxy) is 1. The maximum atomic E-state index is 11.6. The number of nitrogens with two attached hydrogens (primary N) is 1. The highest BCUT2D eigenvalue weighted by Crippen LogP contribution is 2.21. The van der Waals surface area contributed by atoms with E-state index in [0.29, 0.717) is 12.1 Å². The van der Waals surface area contributed by atoms with Crippen LogP contribution in [0.3, 0.4) is 0 Å². The van der Waals surface area contributed by atoms with Crippen molar-refractivity contribution in [3.05, 3.63) is 23.9 Å². The third-order valence-corrected chi connectivity index (χ3v) is 3.16. The van der Waals surface area contributed by atoms with Gasteiger partial charge in [0.25, 0.3) is 0 Å². The van der Waals surface area contributed by atoms with Crippen LogP contribution in [-0.2, 0) is 4.74 Å². The van der Waals surface area contributed by atoms with Gasteiger partial charge in [0, 0.05) is 19.3 Å². The van der Waals surface area contributed by atoms with Gasteiger partial charge in [0.2, 0.25) is 0 Å². The predicted molar refractivity (Wildman–Crippen MR) is 80.9 cm³/mol. The number of hydrogen-bond acceptors (Lipinski definition) is 5. The molecule has 20 heavy (non-hydrogen) atoms. The van der Waals surface area contributed by atoms with E-state index >= 15 is 0 Å². The Hall–Kier alpha value is -1.62. The summed E-state index contributed by atoms with van der Waals surface area (Å²) in [6.45, 7) is 8.65. The van der Waals surface area contributed by atoms with Gasteiger partial charge in [0.1, 0.15) is 5.82 Å². The number of esters is 1. The van der Waals surface area contributed by atoms with Crippen molar-refractivity contribution in [2.75, 3.05) is 31.6 Å². The lowest BCUT2D eigenvalue weighted by molar-refractivity contribution is 0.0600. The third kappa shape index (κ3) is 4.49. The molecule has 5 nitrogen and oxygen atoms in total. The molecule has 0 spiro atoms.